The molecular formula is C17H19F3N4O. The van der Waals surface area contributed by atoms with Crippen molar-refractivity contribution < 1.29 is 18.0 Å². The SMILES string of the molecule is C[C@@H](CN)NC(=O)c1cnn(-c2cccc(C(F)(F)F)c2)c1C1CC1. The number of carbonyl (C=O) groups is 1. The predicted molar refractivity (Wildman–Crippen MR) is 86.5 cm³/mol. The Morgan fingerprint density at radius 2 is 2.16 bits per heavy atom. The Balaban J connectivity index is 2.00. The first-order chi connectivity index (χ1) is 11.8. The van der Waals surface area contributed by atoms with Crippen molar-refractivity contribution in [3.05, 3.63) is 47.3 Å². The highest BCUT2D eigenvalue weighted by molar-refractivity contribution is 5.95. The lowest BCUT2D eigenvalue weighted by atomic mass is 10.1. The third-order valence-electron chi connectivity index (χ3n) is 4.16. The molecule has 1 heterocycles. The number of rotatable bonds is 5. The predicted octanol–water partition coefficient (Wildman–Crippen LogP) is 2.85. The molecule has 3 rings (SSSR count). The van der Waals surface area contributed by atoms with Gasteiger partial charge in [0.2, 0.25) is 0 Å². The number of hydrogen-bond acceptors (Lipinski definition) is 3. The van der Waals surface area contributed by atoms with Crippen molar-refractivity contribution >= 4 is 5.91 Å². The van der Waals surface area contributed by atoms with E-state index in [1.807, 2.05) is 0 Å². The van der Waals surface area contributed by atoms with Crippen molar-refractivity contribution in [3.63, 3.8) is 0 Å². The van der Waals surface area contributed by atoms with E-state index in [0.29, 0.717) is 23.5 Å². The van der Waals surface area contributed by atoms with Crippen LogP contribution in [0.4, 0.5) is 13.2 Å². The number of benzene rings is 1. The Morgan fingerprint density at radius 1 is 1.44 bits per heavy atom. The second-order valence-corrected chi connectivity index (χ2v) is 6.29. The van der Waals surface area contributed by atoms with Crippen LogP contribution in [0.15, 0.2) is 30.5 Å². The Morgan fingerprint density at radius 3 is 2.76 bits per heavy atom. The van der Waals surface area contributed by atoms with Crippen molar-refractivity contribution in [2.45, 2.75) is 37.9 Å². The van der Waals surface area contributed by atoms with Crippen molar-refractivity contribution in [3.8, 4) is 5.69 Å². The van der Waals surface area contributed by atoms with E-state index in [1.54, 1.807) is 13.0 Å². The molecule has 1 amide bonds. The number of aromatic nitrogens is 2. The van der Waals surface area contributed by atoms with Gasteiger partial charge in [-0.05, 0) is 38.0 Å². The molecule has 5 nitrogen and oxygen atoms in total. The zero-order valence-electron chi connectivity index (χ0n) is 13.7. The summed E-state index contributed by atoms with van der Waals surface area (Å²) in [5.74, 6) is -0.177. The van der Waals surface area contributed by atoms with E-state index < -0.39 is 11.7 Å². The van der Waals surface area contributed by atoms with Crippen molar-refractivity contribution in [2.75, 3.05) is 6.54 Å². The molecular weight excluding hydrogens is 333 g/mol. The number of nitrogens with one attached hydrogen (secondary N) is 1. The number of amides is 1. The van der Waals surface area contributed by atoms with Crippen LogP contribution in [0.1, 0.15) is 47.3 Å². The Bertz CT molecular complexity index is 780. The average Bonchev–Trinajstić information content (AvgIpc) is 3.31. The quantitative estimate of drug-likeness (QED) is 0.869. The molecule has 25 heavy (non-hydrogen) atoms. The number of alkyl halides is 3. The van der Waals surface area contributed by atoms with Crippen LogP contribution in [0.5, 0.6) is 0 Å². The summed E-state index contributed by atoms with van der Waals surface area (Å²) < 4.78 is 40.3. The van der Waals surface area contributed by atoms with E-state index >= 15 is 0 Å². The van der Waals surface area contributed by atoms with Crippen LogP contribution >= 0.6 is 0 Å². The zero-order chi connectivity index (χ0) is 18.2. The highest BCUT2D eigenvalue weighted by atomic mass is 19.4. The van der Waals surface area contributed by atoms with Gasteiger partial charge in [-0.2, -0.15) is 18.3 Å². The van der Waals surface area contributed by atoms with Gasteiger partial charge in [-0.3, -0.25) is 4.79 Å². The van der Waals surface area contributed by atoms with Crippen LogP contribution in [0.25, 0.3) is 5.69 Å². The van der Waals surface area contributed by atoms with Crippen molar-refractivity contribution in [2.24, 2.45) is 5.73 Å². The van der Waals surface area contributed by atoms with Crippen LogP contribution < -0.4 is 11.1 Å². The van der Waals surface area contributed by atoms with Crippen LogP contribution in [0, 0.1) is 0 Å². The molecule has 0 saturated heterocycles. The molecule has 0 bridgehead atoms. The van der Waals surface area contributed by atoms with Gasteiger partial charge in [0.05, 0.1) is 28.7 Å². The van der Waals surface area contributed by atoms with Crippen LogP contribution in [-0.4, -0.2) is 28.3 Å². The molecule has 0 unspecified atom stereocenters. The van der Waals surface area contributed by atoms with E-state index in [9.17, 15) is 18.0 Å². The largest absolute Gasteiger partial charge is 0.416 e. The topological polar surface area (TPSA) is 72.9 Å². The van der Waals surface area contributed by atoms with Gasteiger partial charge in [0.25, 0.3) is 5.91 Å². The highest BCUT2D eigenvalue weighted by Crippen LogP contribution is 2.42. The molecule has 1 aromatic carbocycles. The third-order valence-corrected chi connectivity index (χ3v) is 4.16. The van der Waals surface area contributed by atoms with Gasteiger partial charge in [0.15, 0.2) is 0 Å². The summed E-state index contributed by atoms with van der Waals surface area (Å²) in [5, 5.41) is 6.95. The van der Waals surface area contributed by atoms with Gasteiger partial charge in [-0.1, -0.05) is 6.07 Å². The number of halogens is 3. The first kappa shape index (κ1) is 17.5. The van der Waals surface area contributed by atoms with Gasteiger partial charge >= 0.3 is 6.18 Å². The molecule has 8 heteroatoms. The van der Waals surface area contributed by atoms with E-state index in [2.05, 4.69) is 10.4 Å². The Kier molecular flexibility index (Phi) is 4.55. The summed E-state index contributed by atoms with van der Waals surface area (Å²) >= 11 is 0. The van der Waals surface area contributed by atoms with Gasteiger partial charge in [-0.25, -0.2) is 4.68 Å². The van der Waals surface area contributed by atoms with E-state index in [4.69, 9.17) is 5.73 Å². The van der Waals surface area contributed by atoms with Gasteiger partial charge in [-0.15, -0.1) is 0 Å². The highest BCUT2D eigenvalue weighted by Gasteiger charge is 2.34. The first-order valence-electron chi connectivity index (χ1n) is 8.07. The number of hydrogen-bond donors (Lipinski definition) is 2. The van der Waals surface area contributed by atoms with Crippen LogP contribution in [-0.2, 0) is 6.18 Å². The standard InChI is InChI=1S/C17H19F3N4O/c1-10(8-21)23-16(25)14-9-22-24(15(14)11-5-6-11)13-4-2-3-12(7-13)17(18,19)20/h2-4,7,9-11H,5-6,8,21H2,1H3,(H,23,25)/t10-/m0/s1. The smallest absolute Gasteiger partial charge is 0.348 e. The van der Waals surface area contributed by atoms with Gasteiger partial charge < -0.3 is 11.1 Å². The van der Waals surface area contributed by atoms with E-state index in [-0.39, 0.29) is 17.9 Å². The summed E-state index contributed by atoms with van der Waals surface area (Å²) in [6.45, 7) is 2.08. The lowest BCUT2D eigenvalue weighted by molar-refractivity contribution is -0.137. The summed E-state index contributed by atoms with van der Waals surface area (Å²) in [4.78, 5) is 12.4. The van der Waals surface area contributed by atoms with E-state index in [0.717, 1.165) is 25.0 Å². The lowest BCUT2D eigenvalue weighted by Crippen LogP contribution is -2.38. The molecule has 0 aliphatic heterocycles. The number of carbonyl (C=O) groups excluding carboxylic acids is 1. The summed E-state index contributed by atoms with van der Waals surface area (Å²) in [6, 6.07) is 4.76. The molecule has 1 aromatic heterocycles. The molecule has 134 valence electrons. The number of nitrogens with two attached hydrogens (primary N) is 1. The summed E-state index contributed by atoms with van der Waals surface area (Å²) in [7, 11) is 0. The van der Waals surface area contributed by atoms with Crippen LogP contribution in [0.3, 0.4) is 0 Å². The average molecular weight is 352 g/mol. The molecule has 0 spiro atoms. The van der Waals surface area contributed by atoms with Gasteiger partial charge in [0.1, 0.15) is 0 Å². The fourth-order valence-electron chi connectivity index (χ4n) is 2.66. The maximum Gasteiger partial charge on any atom is 0.416 e. The Labute approximate surface area is 143 Å². The normalized spacial score (nSPS) is 15.9. The maximum atomic E-state index is 13.0. The molecule has 3 N–H and O–H groups in total. The van der Waals surface area contributed by atoms with Crippen LogP contribution in [0.2, 0.25) is 0 Å². The summed E-state index contributed by atoms with van der Waals surface area (Å²) in [6.07, 6.45) is -1.25. The van der Waals surface area contributed by atoms with E-state index in [1.165, 1.54) is 16.9 Å². The lowest BCUT2D eigenvalue weighted by Gasteiger charge is -2.13. The molecule has 1 saturated carbocycles. The zero-order valence-corrected chi connectivity index (χ0v) is 13.7. The second kappa shape index (κ2) is 6.51. The third kappa shape index (κ3) is 3.68. The molecule has 1 atom stereocenters. The number of nitrogens with zero attached hydrogens (tertiary/aromatic N) is 2. The minimum absolute atomic E-state index is 0.131. The molecule has 0 radical (unpaired) electrons. The first-order valence-corrected chi connectivity index (χ1v) is 8.07. The van der Waals surface area contributed by atoms with Crippen molar-refractivity contribution in [1.29, 1.82) is 0 Å². The molecule has 1 aliphatic rings. The van der Waals surface area contributed by atoms with Crippen molar-refractivity contribution in [1.82, 2.24) is 15.1 Å². The minimum atomic E-state index is -4.43. The fraction of sp³-hybridized carbons (Fsp3) is 0.412. The molecule has 1 fully saturated rings. The molecule has 1 aliphatic carbocycles. The molecule has 2 aromatic rings. The fourth-order valence-corrected chi connectivity index (χ4v) is 2.66. The minimum Gasteiger partial charge on any atom is -0.348 e. The summed E-state index contributed by atoms with van der Waals surface area (Å²) in [5.41, 5.74) is 6.11. The second-order valence-electron chi connectivity index (χ2n) is 6.29. The van der Waals surface area contributed by atoms with Gasteiger partial charge in [0, 0.05) is 18.5 Å². The monoisotopic (exact) mass is 352 g/mol. The maximum absolute atomic E-state index is 13.0. The Hall–Kier alpha value is -2.35.